The molecule has 1 fully saturated rings. The van der Waals surface area contributed by atoms with Crippen molar-refractivity contribution in [2.24, 2.45) is 11.8 Å². The number of nitrogens with zero attached hydrogens (tertiary/aromatic N) is 1. The molecule has 0 aromatic heterocycles. The smallest absolute Gasteiger partial charge is 0.306 e. The molecule has 0 aromatic rings. The molecule has 1 aliphatic carbocycles. The molecular formula is C14H27NO3. The number of hydrogen-bond donors (Lipinski definition) is 2. The summed E-state index contributed by atoms with van der Waals surface area (Å²) in [6, 6.07) is 0.422. The molecule has 0 heterocycles. The van der Waals surface area contributed by atoms with Gasteiger partial charge in [0.25, 0.3) is 0 Å². The molecule has 4 heteroatoms. The normalized spacial score (nSPS) is 30.7. The largest absolute Gasteiger partial charge is 0.481 e. The van der Waals surface area contributed by atoms with Crippen LogP contribution in [0.3, 0.4) is 0 Å². The van der Waals surface area contributed by atoms with Gasteiger partial charge in [-0.05, 0) is 45.6 Å². The molecule has 0 aromatic carbocycles. The summed E-state index contributed by atoms with van der Waals surface area (Å²) in [4.78, 5) is 13.1. The van der Waals surface area contributed by atoms with Crippen molar-refractivity contribution in [3.05, 3.63) is 0 Å². The Morgan fingerprint density at radius 2 is 1.83 bits per heavy atom. The Morgan fingerprint density at radius 1 is 1.33 bits per heavy atom. The van der Waals surface area contributed by atoms with Gasteiger partial charge >= 0.3 is 5.97 Å². The number of hydrogen-bond acceptors (Lipinski definition) is 3. The van der Waals surface area contributed by atoms with E-state index in [-0.39, 0.29) is 5.92 Å². The Kier molecular flexibility index (Phi) is 5.17. The molecule has 2 N–H and O–H groups in total. The quantitative estimate of drug-likeness (QED) is 0.790. The third-order valence-electron chi connectivity index (χ3n) is 4.47. The highest BCUT2D eigenvalue weighted by Crippen LogP contribution is 2.33. The number of carboxylic acids is 1. The summed E-state index contributed by atoms with van der Waals surface area (Å²) in [5.41, 5.74) is -0.705. The number of carboxylic acid groups (broad SMARTS) is 1. The first-order valence-electron chi connectivity index (χ1n) is 6.90. The average Bonchev–Trinajstić information content (AvgIpc) is 2.27. The van der Waals surface area contributed by atoms with Gasteiger partial charge in [0.2, 0.25) is 0 Å². The predicted molar refractivity (Wildman–Crippen MR) is 71.5 cm³/mol. The fourth-order valence-electron chi connectivity index (χ4n) is 2.68. The molecule has 1 unspecified atom stereocenters. The van der Waals surface area contributed by atoms with E-state index in [1.807, 2.05) is 7.05 Å². The summed E-state index contributed by atoms with van der Waals surface area (Å²) in [5, 5.41) is 19.5. The zero-order valence-electron chi connectivity index (χ0n) is 12.0. The molecule has 0 aliphatic heterocycles. The van der Waals surface area contributed by atoms with E-state index in [2.05, 4.69) is 25.7 Å². The van der Waals surface area contributed by atoms with Crippen LogP contribution in [0.2, 0.25) is 0 Å². The number of rotatable bonds is 5. The highest BCUT2D eigenvalue weighted by Gasteiger charge is 2.37. The van der Waals surface area contributed by atoms with Crippen LogP contribution in [-0.4, -0.2) is 46.3 Å². The fourth-order valence-corrected chi connectivity index (χ4v) is 2.68. The molecular weight excluding hydrogens is 230 g/mol. The SMILES string of the molecule is CC(C)C(C)N(C)CC1(O)CCC(C(=O)O)CC1. The maximum atomic E-state index is 10.9. The Hall–Kier alpha value is -0.610. The molecule has 106 valence electrons. The van der Waals surface area contributed by atoms with Gasteiger partial charge in [-0.1, -0.05) is 13.8 Å². The van der Waals surface area contributed by atoms with Gasteiger partial charge in [0, 0.05) is 12.6 Å². The van der Waals surface area contributed by atoms with Gasteiger partial charge in [-0.25, -0.2) is 0 Å². The summed E-state index contributed by atoms with van der Waals surface area (Å²) in [6.07, 6.45) is 2.38. The van der Waals surface area contributed by atoms with Crippen LogP contribution >= 0.6 is 0 Å². The zero-order valence-corrected chi connectivity index (χ0v) is 12.0. The first kappa shape index (κ1) is 15.4. The first-order chi connectivity index (χ1) is 8.25. The monoisotopic (exact) mass is 257 g/mol. The molecule has 1 atom stereocenters. The Labute approximate surface area is 110 Å². The molecule has 0 amide bonds. The summed E-state index contributed by atoms with van der Waals surface area (Å²) in [5.74, 6) is -0.437. The minimum absolute atomic E-state index is 0.266. The maximum absolute atomic E-state index is 10.9. The second-order valence-electron chi connectivity index (χ2n) is 6.24. The van der Waals surface area contributed by atoms with Gasteiger partial charge < -0.3 is 15.1 Å². The molecule has 0 radical (unpaired) electrons. The van der Waals surface area contributed by atoms with E-state index < -0.39 is 11.6 Å². The van der Waals surface area contributed by atoms with Crippen molar-refractivity contribution < 1.29 is 15.0 Å². The molecule has 0 spiro atoms. The number of aliphatic hydroxyl groups is 1. The number of aliphatic carboxylic acids is 1. The van der Waals surface area contributed by atoms with Crippen LogP contribution in [0, 0.1) is 11.8 Å². The van der Waals surface area contributed by atoms with Crippen LogP contribution in [0.4, 0.5) is 0 Å². The Bertz CT molecular complexity index is 283. The highest BCUT2D eigenvalue weighted by atomic mass is 16.4. The van der Waals surface area contributed by atoms with Gasteiger partial charge in [-0.2, -0.15) is 0 Å². The van der Waals surface area contributed by atoms with E-state index in [0.717, 1.165) is 0 Å². The van der Waals surface area contributed by atoms with E-state index in [4.69, 9.17) is 5.11 Å². The van der Waals surface area contributed by atoms with Crippen molar-refractivity contribution in [2.75, 3.05) is 13.6 Å². The second-order valence-corrected chi connectivity index (χ2v) is 6.24. The molecule has 0 bridgehead atoms. The van der Waals surface area contributed by atoms with E-state index >= 15 is 0 Å². The topological polar surface area (TPSA) is 60.8 Å². The van der Waals surface area contributed by atoms with Crippen LogP contribution in [0.5, 0.6) is 0 Å². The van der Waals surface area contributed by atoms with E-state index in [1.165, 1.54) is 0 Å². The molecule has 1 aliphatic rings. The van der Waals surface area contributed by atoms with E-state index in [9.17, 15) is 9.90 Å². The van der Waals surface area contributed by atoms with E-state index in [0.29, 0.717) is 44.2 Å². The van der Waals surface area contributed by atoms with Crippen LogP contribution in [0.25, 0.3) is 0 Å². The van der Waals surface area contributed by atoms with Crippen molar-refractivity contribution in [1.82, 2.24) is 4.90 Å². The van der Waals surface area contributed by atoms with Gasteiger partial charge in [0.05, 0.1) is 11.5 Å². The van der Waals surface area contributed by atoms with Crippen molar-refractivity contribution in [3.8, 4) is 0 Å². The molecule has 18 heavy (non-hydrogen) atoms. The fraction of sp³-hybridized carbons (Fsp3) is 0.929. The summed E-state index contributed by atoms with van der Waals surface area (Å²) < 4.78 is 0. The molecule has 0 saturated heterocycles. The van der Waals surface area contributed by atoms with Crippen molar-refractivity contribution in [2.45, 2.75) is 58.1 Å². The van der Waals surface area contributed by atoms with Gasteiger partial charge in [-0.3, -0.25) is 4.79 Å². The second kappa shape index (κ2) is 6.02. The minimum Gasteiger partial charge on any atom is -0.481 e. The zero-order chi connectivity index (χ0) is 13.9. The average molecular weight is 257 g/mol. The Morgan fingerprint density at radius 3 is 2.22 bits per heavy atom. The first-order valence-corrected chi connectivity index (χ1v) is 6.90. The number of carbonyl (C=O) groups is 1. The summed E-state index contributed by atoms with van der Waals surface area (Å²) in [7, 11) is 2.03. The third-order valence-corrected chi connectivity index (χ3v) is 4.47. The van der Waals surface area contributed by atoms with Gasteiger partial charge in [0.15, 0.2) is 0 Å². The van der Waals surface area contributed by atoms with Crippen LogP contribution in [0.15, 0.2) is 0 Å². The van der Waals surface area contributed by atoms with E-state index in [1.54, 1.807) is 0 Å². The van der Waals surface area contributed by atoms with Crippen molar-refractivity contribution in [3.63, 3.8) is 0 Å². The summed E-state index contributed by atoms with van der Waals surface area (Å²) >= 11 is 0. The maximum Gasteiger partial charge on any atom is 0.306 e. The lowest BCUT2D eigenvalue weighted by Crippen LogP contribution is -2.48. The lowest BCUT2D eigenvalue weighted by molar-refractivity contribution is -0.145. The Balaban J connectivity index is 2.50. The lowest BCUT2D eigenvalue weighted by Gasteiger charge is -2.40. The van der Waals surface area contributed by atoms with Gasteiger partial charge in [0.1, 0.15) is 0 Å². The van der Waals surface area contributed by atoms with Crippen molar-refractivity contribution >= 4 is 5.97 Å². The highest BCUT2D eigenvalue weighted by molar-refractivity contribution is 5.70. The molecule has 1 saturated carbocycles. The van der Waals surface area contributed by atoms with Gasteiger partial charge in [-0.15, -0.1) is 0 Å². The van der Waals surface area contributed by atoms with Crippen LogP contribution in [-0.2, 0) is 4.79 Å². The third kappa shape index (κ3) is 3.95. The minimum atomic E-state index is -0.721. The lowest BCUT2D eigenvalue weighted by atomic mass is 9.78. The predicted octanol–water partition coefficient (Wildman–Crippen LogP) is 1.97. The number of likely N-dealkylation sites (N-methyl/N-ethyl adjacent to an activating group) is 1. The van der Waals surface area contributed by atoms with Crippen molar-refractivity contribution in [1.29, 1.82) is 0 Å². The van der Waals surface area contributed by atoms with Crippen LogP contribution in [0.1, 0.15) is 46.5 Å². The molecule has 1 rings (SSSR count). The van der Waals surface area contributed by atoms with Crippen LogP contribution < -0.4 is 0 Å². The molecule has 4 nitrogen and oxygen atoms in total. The standard InChI is InChI=1S/C14H27NO3/c1-10(2)11(3)15(4)9-14(18)7-5-12(6-8-14)13(16)17/h10-12,18H,5-9H2,1-4H3,(H,16,17). The summed E-state index contributed by atoms with van der Waals surface area (Å²) in [6.45, 7) is 7.15.